The number of carbonyl (C=O) groups excluding carboxylic acids is 2. The third kappa shape index (κ3) is 4.25. The summed E-state index contributed by atoms with van der Waals surface area (Å²) in [5, 5.41) is 14.6. The molecule has 0 aliphatic carbocycles. The molecule has 1 aliphatic heterocycles. The molecule has 27 heavy (non-hydrogen) atoms. The molecule has 7 heteroatoms. The van der Waals surface area contributed by atoms with Gasteiger partial charge >= 0.3 is 12.0 Å². The van der Waals surface area contributed by atoms with Crippen molar-refractivity contribution in [1.29, 1.82) is 0 Å². The van der Waals surface area contributed by atoms with Crippen molar-refractivity contribution in [3.05, 3.63) is 60.2 Å². The van der Waals surface area contributed by atoms with Gasteiger partial charge in [0.1, 0.15) is 0 Å². The lowest BCUT2D eigenvalue weighted by molar-refractivity contribution is -0.142. The fourth-order valence-corrected chi connectivity index (χ4v) is 3.23. The molecule has 0 bridgehead atoms. The number of benzene rings is 2. The van der Waals surface area contributed by atoms with Gasteiger partial charge in [-0.2, -0.15) is 0 Å². The normalized spacial score (nSPS) is 18.8. The van der Waals surface area contributed by atoms with E-state index in [0.717, 1.165) is 0 Å². The van der Waals surface area contributed by atoms with Crippen LogP contribution in [0, 0.1) is 5.92 Å². The number of urea groups is 1. The van der Waals surface area contributed by atoms with E-state index in [4.69, 9.17) is 0 Å². The van der Waals surface area contributed by atoms with E-state index in [0.29, 0.717) is 29.9 Å². The van der Waals surface area contributed by atoms with Crippen molar-refractivity contribution in [3.63, 3.8) is 0 Å². The topological polar surface area (TPSA) is 98.7 Å². The third-order valence-corrected chi connectivity index (χ3v) is 4.75. The standard InChI is InChI=1S/C20H21N3O4/c1-13-17(19(25)26)11-12-23(13)18(24)14-7-9-16(10-8-14)22-20(27)21-15-5-3-2-4-6-15/h2-10,13,17H,11-12H2,1H3,(H,25,26)(H2,21,22,27). The summed E-state index contributed by atoms with van der Waals surface area (Å²) in [4.78, 5) is 37.4. The van der Waals surface area contributed by atoms with Gasteiger partial charge in [-0.05, 0) is 49.7 Å². The maximum absolute atomic E-state index is 12.6. The molecule has 0 radical (unpaired) electrons. The summed E-state index contributed by atoms with van der Waals surface area (Å²) in [6.07, 6.45) is 0.460. The van der Waals surface area contributed by atoms with Gasteiger partial charge in [-0.15, -0.1) is 0 Å². The molecule has 1 heterocycles. The number of amides is 3. The highest BCUT2D eigenvalue weighted by Gasteiger charge is 2.38. The number of carboxylic acid groups (broad SMARTS) is 1. The van der Waals surface area contributed by atoms with E-state index in [2.05, 4.69) is 10.6 Å². The molecule has 1 aliphatic rings. The van der Waals surface area contributed by atoms with Crippen molar-refractivity contribution in [2.75, 3.05) is 17.2 Å². The first-order valence-corrected chi connectivity index (χ1v) is 8.72. The highest BCUT2D eigenvalue weighted by molar-refractivity contribution is 6.00. The Morgan fingerprint density at radius 1 is 0.963 bits per heavy atom. The second kappa shape index (κ2) is 7.90. The SMILES string of the molecule is CC1C(C(=O)O)CCN1C(=O)c1ccc(NC(=O)Nc2ccccc2)cc1. The number of likely N-dealkylation sites (tertiary alicyclic amines) is 1. The number of hydrogen-bond donors (Lipinski definition) is 3. The van der Waals surface area contributed by atoms with Gasteiger partial charge in [-0.3, -0.25) is 9.59 Å². The summed E-state index contributed by atoms with van der Waals surface area (Å²) < 4.78 is 0. The van der Waals surface area contributed by atoms with E-state index in [-0.39, 0.29) is 18.0 Å². The number of rotatable bonds is 4. The molecule has 2 unspecified atom stereocenters. The minimum absolute atomic E-state index is 0.202. The molecule has 2 atom stereocenters. The number of para-hydroxylation sites is 1. The fraction of sp³-hybridized carbons (Fsp3) is 0.250. The van der Waals surface area contributed by atoms with Gasteiger partial charge in [0, 0.05) is 29.5 Å². The van der Waals surface area contributed by atoms with Crippen LogP contribution in [0.3, 0.4) is 0 Å². The third-order valence-electron chi connectivity index (χ3n) is 4.75. The molecule has 3 N–H and O–H groups in total. The van der Waals surface area contributed by atoms with Crippen LogP contribution in [0.15, 0.2) is 54.6 Å². The number of aliphatic carboxylic acids is 1. The zero-order chi connectivity index (χ0) is 19.4. The van der Waals surface area contributed by atoms with E-state index < -0.39 is 11.9 Å². The van der Waals surface area contributed by atoms with Gasteiger partial charge in [0.05, 0.1) is 5.92 Å². The zero-order valence-electron chi connectivity index (χ0n) is 14.9. The van der Waals surface area contributed by atoms with Crippen LogP contribution in [0.5, 0.6) is 0 Å². The van der Waals surface area contributed by atoms with E-state index in [1.54, 1.807) is 48.2 Å². The molecule has 2 aromatic rings. The molecule has 140 valence electrons. The van der Waals surface area contributed by atoms with Crippen molar-refractivity contribution in [2.45, 2.75) is 19.4 Å². The van der Waals surface area contributed by atoms with E-state index in [1.807, 2.05) is 18.2 Å². The Bertz CT molecular complexity index is 836. The second-order valence-electron chi connectivity index (χ2n) is 6.50. The van der Waals surface area contributed by atoms with Gasteiger partial charge < -0.3 is 20.6 Å². The zero-order valence-corrected chi connectivity index (χ0v) is 14.9. The van der Waals surface area contributed by atoms with Crippen LogP contribution in [0.1, 0.15) is 23.7 Å². The predicted octanol–water partition coefficient (Wildman–Crippen LogP) is 3.27. The van der Waals surface area contributed by atoms with Gasteiger partial charge in [0.2, 0.25) is 0 Å². The molecule has 0 aromatic heterocycles. The monoisotopic (exact) mass is 367 g/mol. The predicted molar refractivity (Wildman–Crippen MR) is 102 cm³/mol. The smallest absolute Gasteiger partial charge is 0.323 e. The summed E-state index contributed by atoms with van der Waals surface area (Å²) in [6.45, 7) is 2.18. The molecule has 0 saturated carbocycles. The molecule has 7 nitrogen and oxygen atoms in total. The minimum atomic E-state index is -0.873. The van der Waals surface area contributed by atoms with Crippen molar-refractivity contribution < 1.29 is 19.5 Å². The number of carboxylic acids is 1. The van der Waals surface area contributed by atoms with Crippen LogP contribution in [0.2, 0.25) is 0 Å². The lowest BCUT2D eigenvalue weighted by atomic mass is 10.0. The van der Waals surface area contributed by atoms with Crippen molar-refractivity contribution in [3.8, 4) is 0 Å². The molecule has 3 amide bonds. The van der Waals surface area contributed by atoms with Crippen LogP contribution >= 0.6 is 0 Å². The Labute approximate surface area is 157 Å². The molecular formula is C20H21N3O4. The van der Waals surface area contributed by atoms with E-state index >= 15 is 0 Å². The average molecular weight is 367 g/mol. The van der Waals surface area contributed by atoms with Crippen LogP contribution in [-0.4, -0.2) is 40.5 Å². The number of hydrogen-bond acceptors (Lipinski definition) is 3. The molecule has 2 aromatic carbocycles. The molecular weight excluding hydrogens is 346 g/mol. The van der Waals surface area contributed by atoms with E-state index in [9.17, 15) is 19.5 Å². The Morgan fingerprint density at radius 2 is 1.56 bits per heavy atom. The minimum Gasteiger partial charge on any atom is -0.481 e. The number of carbonyl (C=O) groups is 3. The largest absolute Gasteiger partial charge is 0.481 e. The lowest BCUT2D eigenvalue weighted by Gasteiger charge is -2.23. The van der Waals surface area contributed by atoms with Crippen molar-refractivity contribution in [1.82, 2.24) is 4.90 Å². The summed E-state index contributed by atoms with van der Waals surface area (Å²) in [6, 6.07) is 14.9. The molecule has 0 spiro atoms. The van der Waals surface area contributed by atoms with Gasteiger partial charge in [-0.1, -0.05) is 18.2 Å². The summed E-state index contributed by atoms with van der Waals surface area (Å²) in [5.41, 5.74) is 1.69. The fourth-order valence-electron chi connectivity index (χ4n) is 3.23. The summed E-state index contributed by atoms with van der Waals surface area (Å²) in [5.74, 6) is -1.61. The van der Waals surface area contributed by atoms with Gasteiger partial charge in [-0.25, -0.2) is 4.79 Å². The van der Waals surface area contributed by atoms with Gasteiger partial charge in [0.15, 0.2) is 0 Å². The van der Waals surface area contributed by atoms with Crippen LogP contribution in [0.4, 0.5) is 16.2 Å². The Kier molecular flexibility index (Phi) is 5.40. The summed E-state index contributed by atoms with van der Waals surface area (Å²) >= 11 is 0. The number of nitrogens with one attached hydrogen (secondary N) is 2. The first kappa shape index (κ1) is 18.4. The maximum atomic E-state index is 12.6. The Morgan fingerprint density at radius 3 is 2.11 bits per heavy atom. The van der Waals surface area contributed by atoms with Crippen LogP contribution in [0.25, 0.3) is 0 Å². The second-order valence-corrected chi connectivity index (χ2v) is 6.50. The molecule has 3 rings (SSSR count). The Balaban J connectivity index is 1.61. The van der Waals surface area contributed by atoms with E-state index in [1.165, 1.54) is 0 Å². The molecule has 1 saturated heterocycles. The first-order valence-electron chi connectivity index (χ1n) is 8.72. The quantitative estimate of drug-likeness (QED) is 0.772. The van der Waals surface area contributed by atoms with Crippen LogP contribution in [-0.2, 0) is 4.79 Å². The highest BCUT2D eigenvalue weighted by Crippen LogP contribution is 2.26. The van der Waals surface area contributed by atoms with Crippen molar-refractivity contribution >= 4 is 29.3 Å². The number of nitrogens with zero attached hydrogens (tertiary/aromatic N) is 1. The number of anilines is 2. The van der Waals surface area contributed by atoms with Gasteiger partial charge in [0.25, 0.3) is 5.91 Å². The summed E-state index contributed by atoms with van der Waals surface area (Å²) in [7, 11) is 0. The lowest BCUT2D eigenvalue weighted by Crippen LogP contribution is -2.37. The highest BCUT2D eigenvalue weighted by atomic mass is 16.4. The molecule has 1 fully saturated rings. The first-order chi connectivity index (χ1) is 13.0. The van der Waals surface area contributed by atoms with Crippen molar-refractivity contribution in [2.24, 2.45) is 5.92 Å². The Hall–Kier alpha value is -3.35. The average Bonchev–Trinajstić information content (AvgIpc) is 3.04. The maximum Gasteiger partial charge on any atom is 0.323 e. The van der Waals surface area contributed by atoms with Crippen LogP contribution < -0.4 is 10.6 Å².